The predicted octanol–water partition coefficient (Wildman–Crippen LogP) is 1.17. The summed E-state index contributed by atoms with van der Waals surface area (Å²) in [6, 6.07) is 3.38. The fourth-order valence-electron chi connectivity index (χ4n) is 2.76. The minimum atomic E-state index is -3.52. The molecule has 0 spiro atoms. The molecule has 1 fully saturated rings. The number of sulfonamides is 1. The van der Waals surface area contributed by atoms with Gasteiger partial charge in [-0.1, -0.05) is 6.07 Å². The molecule has 0 bridgehead atoms. The minimum Gasteiger partial charge on any atom is -0.392 e. The zero-order valence-electron chi connectivity index (χ0n) is 12.7. The van der Waals surface area contributed by atoms with E-state index in [0.29, 0.717) is 17.7 Å². The lowest BCUT2D eigenvalue weighted by atomic mass is 10.1. The molecule has 1 aromatic carbocycles. The molecule has 0 saturated carbocycles. The maximum Gasteiger partial charge on any atom is 0.240 e. The van der Waals surface area contributed by atoms with Crippen LogP contribution >= 0.6 is 0 Å². The van der Waals surface area contributed by atoms with E-state index in [1.165, 1.54) is 12.8 Å². The summed E-state index contributed by atoms with van der Waals surface area (Å²) < 4.78 is 27.5. The number of aryl methyl sites for hydroxylation is 2. The monoisotopic (exact) mass is 312 g/mol. The minimum absolute atomic E-state index is 0.150. The molecule has 0 unspecified atom stereocenters. The van der Waals surface area contributed by atoms with Gasteiger partial charge in [0.1, 0.15) is 0 Å². The van der Waals surface area contributed by atoms with Crippen LogP contribution < -0.4 is 4.72 Å². The highest BCUT2D eigenvalue weighted by Gasteiger charge is 2.19. The predicted molar refractivity (Wildman–Crippen MR) is 82.7 cm³/mol. The van der Waals surface area contributed by atoms with Gasteiger partial charge in [0.25, 0.3) is 0 Å². The molecule has 2 N–H and O–H groups in total. The highest BCUT2D eigenvalue weighted by molar-refractivity contribution is 7.89. The topological polar surface area (TPSA) is 69.6 Å². The van der Waals surface area contributed by atoms with Crippen LogP contribution in [0.4, 0.5) is 0 Å². The highest BCUT2D eigenvalue weighted by atomic mass is 32.2. The van der Waals surface area contributed by atoms with Crippen molar-refractivity contribution in [3.63, 3.8) is 0 Å². The van der Waals surface area contributed by atoms with E-state index >= 15 is 0 Å². The van der Waals surface area contributed by atoms with Gasteiger partial charge in [-0.25, -0.2) is 13.1 Å². The van der Waals surface area contributed by atoms with Gasteiger partial charge >= 0.3 is 0 Å². The van der Waals surface area contributed by atoms with Gasteiger partial charge in [0, 0.05) is 13.1 Å². The first-order chi connectivity index (χ1) is 9.94. The quantitative estimate of drug-likeness (QED) is 0.827. The first kappa shape index (κ1) is 16.4. The van der Waals surface area contributed by atoms with Gasteiger partial charge in [-0.3, -0.25) is 0 Å². The Morgan fingerprint density at radius 2 is 1.86 bits per heavy atom. The smallest absolute Gasteiger partial charge is 0.240 e. The lowest BCUT2D eigenvalue weighted by Crippen LogP contribution is -2.33. The summed E-state index contributed by atoms with van der Waals surface area (Å²) in [5, 5.41) is 9.30. The summed E-state index contributed by atoms with van der Waals surface area (Å²) in [7, 11) is -3.52. The van der Waals surface area contributed by atoms with E-state index in [1.807, 2.05) is 6.92 Å². The second-order valence-corrected chi connectivity index (χ2v) is 7.38. The van der Waals surface area contributed by atoms with Gasteiger partial charge in [-0.2, -0.15) is 0 Å². The number of hydrogen-bond donors (Lipinski definition) is 2. The molecule has 0 atom stereocenters. The van der Waals surface area contributed by atoms with Gasteiger partial charge in [0.05, 0.1) is 11.5 Å². The first-order valence-electron chi connectivity index (χ1n) is 7.37. The Labute approximate surface area is 127 Å². The average molecular weight is 312 g/mol. The molecule has 1 heterocycles. The largest absolute Gasteiger partial charge is 0.392 e. The fourth-order valence-corrected chi connectivity index (χ4v) is 4.05. The number of likely N-dealkylation sites (tertiary alicyclic amines) is 1. The van der Waals surface area contributed by atoms with Crippen LogP contribution in [-0.4, -0.2) is 44.6 Å². The Hall–Kier alpha value is -0.950. The van der Waals surface area contributed by atoms with Gasteiger partial charge in [-0.05, 0) is 62.5 Å². The summed E-state index contributed by atoms with van der Waals surface area (Å²) in [6.07, 6.45) is 2.40. The molecule has 5 nitrogen and oxygen atoms in total. The van der Waals surface area contributed by atoms with E-state index in [1.54, 1.807) is 19.1 Å². The van der Waals surface area contributed by atoms with Gasteiger partial charge < -0.3 is 10.0 Å². The zero-order valence-corrected chi connectivity index (χ0v) is 13.5. The van der Waals surface area contributed by atoms with Crippen molar-refractivity contribution in [1.29, 1.82) is 0 Å². The van der Waals surface area contributed by atoms with Crippen molar-refractivity contribution >= 4 is 10.0 Å². The van der Waals surface area contributed by atoms with Crippen LogP contribution in [0.3, 0.4) is 0 Å². The Balaban J connectivity index is 2.07. The third-order valence-corrected chi connectivity index (χ3v) is 5.62. The van der Waals surface area contributed by atoms with Crippen molar-refractivity contribution in [3.8, 4) is 0 Å². The number of nitrogens with zero attached hydrogens (tertiary/aromatic N) is 1. The van der Waals surface area contributed by atoms with E-state index in [0.717, 1.165) is 25.2 Å². The lowest BCUT2D eigenvalue weighted by Gasteiger charge is -2.16. The Bertz CT molecular complexity index is 593. The average Bonchev–Trinajstić information content (AvgIpc) is 2.91. The molecule has 21 heavy (non-hydrogen) atoms. The molecule has 0 amide bonds. The summed E-state index contributed by atoms with van der Waals surface area (Å²) >= 11 is 0. The Morgan fingerprint density at radius 3 is 2.48 bits per heavy atom. The maximum absolute atomic E-state index is 12.4. The van der Waals surface area contributed by atoms with Crippen LogP contribution in [0.2, 0.25) is 0 Å². The van der Waals surface area contributed by atoms with Crippen molar-refractivity contribution in [2.45, 2.75) is 38.2 Å². The van der Waals surface area contributed by atoms with E-state index in [-0.39, 0.29) is 11.5 Å². The summed E-state index contributed by atoms with van der Waals surface area (Å²) in [4.78, 5) is 2.53. The Morgan fingerprint density at radius 1 is 1.19 bits per heavy atom. The second kappa shape index (κ2) is 6.87. The van der Waals surface area contributed by atoms with E-state index < -0.39 is 10.0 Å². The summed E-state index contributed by atoms with van der Waals surface area (Å²) in [5.74, 6) is 0. The van der Waals surface area contributed by atoms with Crippen molar-refractivity contribution in [3.05, 3.63) is 28.8 Å². The first-order valence-corrected chi connectivity index (χ1v) is 8.85. The van der Waals surface area contributed by atoms with Crippen LogP contribution in [0.5, 0.6) is 0 Å². The molecule has 2 rings (SSSR count). The van der Waals surface area contributed by atoms with E-state index in [4.69, 9.17) is 0 Å². The number of hydrogen-bond acceptors (Lipinski definition) is 4. The van der Waals surface area contributed by atoms with Crippen molar-refractivity contribution < 1.29 is 13.5 Å². The lowest BCUT2D eigenvalue weighted by molar-refractivity contribution is 0.280. The normalized spacial score (nSPS) is 16.5. The third-order valence-electron chi connectivity index (χ3n) is 4.01. The fraction of sp³-hybridized carbons (Fsp3) is 0.600. The van der Waals surface area contributed by atoms with Crippen LogP contribution in [0.1, 0.15) is 29.5 Å². The van der Waals surface area contributed by atoms with Crippen molar-refractivity contribution in [2.24, 2.45) is 0 Å². The summed E-state index contributed by atoms with van der Waals surface area (Å²) in [6.45, 7) is 6.78. The third kappa shape index (κ3) is 4.03. The van der Waals surface area contributed by atoms with Crippen LogP contribution in [0, 0.1) is 13.8 Å². The number of benzene rings is 1. The number of nitrogens with one attached hydrogen (secondary N) is 1. The number of aliphatic hydroxyl groups is 1. The Kier molecular flexibility index (Phi) is 5.37. The summed E-state index contributed by atoms with van der Waals surface area (Å²) in [5.41, 5.74) is 2.27. The SMILES string of the molecule is Cc1cc(C)c(S(=O)(=O)NCCN2CCCC2)cc1CO. The number of rotatable bonds is 6. The van der Waals surface area contributed by atoms with Gasteiger partial charge in [-0.15, -0.1) is 0 Å². The zero-order chi connectivity index (χ0) is 15.5. The molecule has 1 aromatic rings. The molecule has 1 aliphatic rings. The van der Waals surface area contributed by atoms with Crippen molar-refractivity contribution in [1.82, 2.24) is 9.62 Å². The van der Waals surface area contributed by atoms with E-state index in [2.05, 4.69) is 9.62 Å². The van der Waals surface area contributed by atoms with Crippen molar-refractivity contribution in [2.75, 3.05) is 26.2 Å². The van der Waals surface area contributed by atoms with Crippen LogP contribution in [0.15, 0.2) is 17.0 Å². The molecule has 1 aliphatic heterocycles. The van der Waals surface area contributed by atoms with Crippen LogP contribution in [-0.2, 0) is 16.6 Å². The molecular weight excluding hydrogens is 288 g/mol. The second-order valence-electron chi connectivity index (χ2n) is 5.65. The molecule has 0 aromatic heterocycles. The molecule has 0 aliphatic carbocycles. The van der Waals surface area contributed by atoms with E-state index in [9.17, 15) is 13.5 Å². The maximum atomic E-state index is 12.4. The highest BCUT2D eigenvalue weighted by Crippen LogP contribution is 2.20. The van der Waals surface area contributed by atoms with Crippen LogP contribution in [0.25, 0.3) is 0 Å². The molecular formula is C15H24N2O3S. The van der Waals surface area contributed by atoms with Gasteiger partial charge in [0.2, 0.25) is 10.0 Å². The standard InChI is InChI=1S/C15H24N2O3S/c1-12-9-13(2)15(10-14(12)11-18)21(19,20)16-5-8-17-6-3-4-7-17/h9-10,16,18H,3-8,11H2,1-2H3. The molecule has 6 heteroatoms. The number of aliphatic hydroxyl groups excluding tert-OH is 1. The van der Waals surface area contributed by atoms with Gasteiger partial charge in [0.15, 0.2) is 0 Å². The molecule has 118 valence electrons. The molecule has 0 radical (unpaired) electrons. The molecule has 1 saturated heterocycles.